The lowest BCUT2D eigenvalue weighted by atomic mass is 10.0. The number of unbranched alkanes of at least 4 members (excludes halogenated alkanes) is 14. The van der Waals surface area contributed by atoms with Crippen LogP contribution in [0.25, 0.3) is 0 Å². The van der Waals surface area contributed by atoms with E-state index in [-0.39, 0.29) is 6.54 Å². The Bertz CT molecular complexity index is 343. The molecule has 0 radical (unpaired) electrons. The Hall–Kier alpha value is -1.16. The van der Waals surface area contributed by atoms with Crippen LogP contribution in [0.4, 0.5) is 0 Å². The van der Waals surface area contributed by atoms with Crippen LogP contribution in [0.1, 0.15) is 117 Å². The van der Waals surface area contributed by atoms with E-state index in [1.807, 2.05) is 6.92 Å². The summed E-state index contributed by atoms with van der Waals surface area (Å²) in [6, 6.07) is 0. The average Bonchev–Trinajstić information content (AvgIpc) is 2.65. The second kappa shape index (κ2) is 24.8. The topological polar surface area (TPSA) is 69.4 Å². The van der Waals surface area contributed by atoms with E-state index >= 15 is 0 Å². The van der Waals surface area contributed by atoms with Crippen LogP contribution < -0.4 is 5.73 Å². The third-order valence-corrected chi connectivity index (χ3v) is 4.38. The van der Waals surface area contributed by atoms with Crippen LogP contribution in [0, 0.1) is 0 Å². The molecule has 0 fully saturated rings. The van der Waals surface area contributed by atoms with Crippen LogP contribution in [0.3, 0.4) is 0 Å². The molecular weight excluding hydrogens is 338 g/mol. The second-order valence-corrected chi connectivity index (χ2v) is 7.16. The zero-order chi connectivity index (χ0) is 20.6. The molecule has 0 spiro atoms. The minimum absolute atomic E-state index is 0.232. The summed E-state index contributed by atoms with van der Waals surface area (Å²) >= 11 is 0. The largest absolute Gasteiger partial charge is 0.392 e. The summed E-state index contributed by atoms with van der Waals surface area (Å²) in [5, 5.41) is 0. The molecule has 0 rings (SSSR count). The van der Waals surface area contributed by atoms with Gasteiger partial charge in [-0.2, -0.15) is 0 Å². The highest BCUT2D eigenvalue weighted by Gasteiger charge is 2.07. The third kappa shape index (κ3) is 27.2. The van der Waals surface area contributed by atoms with Gasteiger partial charge >= 0.3 is 11.9 Å². The van der Waals surface area contributed by atoms with E-state index in [9.17, 15) is 9.59 Å². The number of hydrogen-bond donors (Lipinski definition) is 1. The highest BCUT2D eigenvalue weighted by molar-refractivity contribution is 5.86. The average molecular weight is 384 g/mol. The van der Waals surface area contributed by atoms with E-state index in [0.717, 1.165) is 19.3 Å². The van der Waals surface area contributed by atoms with Crippen molar-refractivity contribution in [2.45, 2.75) is 117 Å². The summed E-state index contributed by atoms with van der Waals surface area (Å²) in [4.78, 5) is 22.1. The first-order valence-corrected chi connectivity index (χ1v) is 11.1. The highest BCUT2D eigenvalue weighted by Crippen LogP contribution is 2.13. The molecule has 0 heterocycles. The maximum Gasteiger partial charge on any atom is 0.327 e. The summed E-state index contributed by atoms with van der Waals surface area (Å²) in [5.41, 5.74) is 5.08. The summed E-state index contributed by atoms with van der Waals surface area (Å²) in [6.07, 6.45) is 21.5. The molecule has 0 aromatic rings. The first-order valence-electron chi connectivity index (χ1n) is 11.1. The quantitative estimate of drug-likeness (QED) is 0.135. The van der Waals surface area contributed by atoms with Crippen LogP contribution in [0.5, 0.6) is 0 Å². The summed E-state index contributed by atoms with van der Waals surface area (Å²) in [6.45, 7) is 7.28. The molecule has 0 aromatic carbocycles. The molecule has 160 valence electrons. The number of ether oxygens (including phenoxy) is 1. The van der Waals surface area contributed by atoms with Gasteiger partial charge in [0.05, 0.1) is 6.54 Å². The summed E-state index contributed by atoms with van der Waals surface area (Å²) in [5.74, 6) is -1.08. The van der Waals surface area contributed by atoms with Gasteiger partial charge in [0.15, 0.2) is 0 Å². The van der Waals surface area contributed by atoms with Gasteiger partial charge in [0.2, 0.25) is 0 Å². The van der Waals surface area contributed by atoms with E-state index in [1.165, 1.54) is 77.0 Å². The fourth-order valence-electron chi connectivity index (χ4n) is 2.86. The van der Waals surface area contributed by atoms with Gasteiger partial charge in [-0.25, -0.2) is 0 Å². The maximum absolute atomic E-state index is 11.2. The Morgan fingerprint density at radius 3 is 1.41 bits per heavy atom. The van der Waals surface area contributed by atoms with E-state index in [1.54, 1.807) is 6.08 Å². The smallest absolute Gasteiger partial charge is 0.327 e. The predicted molar refractivity (Wildman–Crippen MR) is 116 cm³/mol. The Balaban J connectivity index is 0. The van der Waals surface area contributed by atoms with Crippen molar-refractivity contribution in [1.29, 1.82) is 0 Å². The third-order valence-electron chi connectivity index (χ3n) is 4.38. The molecule has 0 atom stereocenters. The minimum Gasteiger partial charge on any atom is -0.392 e. The van der Waals surface area contributed by atoms with Crippen LogP contribution in [-0.4, -0.2) is 18.5 Å². The van der Waals surface area contributed by atoms with Crippen molar-refractivity contribution in [3.05, 3.63) is 12.7 Å². The molecule has 0 unspecified atom stereocenters. The molecule has 4 heteroatoms. The van der Waals surface area contributed by atoms with E-state index < -0.39 is 11.9 Å². The first-order chi connectivity index (χ1) is 13.1. The van der Waals surface area contributed by atoms with Crippen molar-refractivity contribution in [1.82, 2.24) is 0 Å². The van der Waals surface area contributed by atoms with Gasteiger partial charge in [0, 0.05) is 6.42 Å². The lowest BCUT2D eigenvalue weighted by Crippen LogP contribution is -2.20. The Labute approximate surface area is 168 Å². The van der Waals surface area contributed by atoms with E-state index in [0.29, 0.717) is 6.42 Å². The SMILES string of the molecule is C=CC.CCCCCCCCCCCCCCCCCC(=O)OC(=O)CN. The molecule has 2 N–H and O–H groups in total. The number of allylic oxidation sites excluding steroid dienone is 1. The van der Waals surface area contributed by atoms with Crippen LogP contribution in [-0.2, 0) is 14.3 Å². The Kier molecular flexibility index (Phi) is 25.8. The minimum atomic E-state index is -0.638. The lowest BCUT2D eigenvalue weighted by molar-refractivity contribution is -0.158. The van der Waals surface area contributed by atoms with Crippen molar-refractivity contribution in [3.63, 3.8) is 0 Å². The zero-order valence-electron chi connectivity index (χ0n) is 18.1. The van der Waals surface area contributed by atoms with E-state index in [4.69, 9.17) is 5.73 Å². The number of hydrogen-bond acceptors (Lipinski definition) is 4. The summed E-state index contributed by atoms with van der Waals surface area (Å²) in [7, 11) is 0. The highest BCUT2D eigenvalue weighted by atomic mass is 16.6. The second-order valence-electron chi connectivity index (χ2n) is 7.16. The van der Waals surface area contributed by atoms with Crippen molar-refractivity contribution in [2.75, 3.05) is 6.54 Å². The maximum atomic E-state index is 11.2. The van der Waals surface area contributed by atoms with Crippen molar-refractivity contribution >= 4 is 11.9 Å². The molecule has 4 nitrogen and oxygen atoms in total. The molecule has 27 heavy (non-hydrogen) atoms. The van der Waals surface area contributed by atoms with Crippen molar-refractivity contribution in [3.8, 4) is 0 Å². The monoisotopic (exact) mass is 383 g/mol. The van der Waals surface area contributed by atoms with Gasteiger partial charge in [-0.15, -0.1) is 6.58 Å². The molecule has 0 aliphatic rings. The zero-order valence-corrected chi connectivity index (χ0v) is 18.1. The molecule has 0 bridgehead atoms. The number of rotatable bonds is 17. The fraction of sp³-hybridized carbons (Fsp3) is 0.826. The van der Waals surface area contributed by atoms with Crippen LogP contribution in [0.15, 0.2) is 12.7 Å². The fourth-order valence-corrected chi connectivity index (χ4v) is 2.86. The predicted octanol–water partition coefficient (Wildman–Crippen LogP) is 6.47. The van der Waals surface area contributed by atoms with Gasteiger partial charge in [0.25, 0.3) is 0 Å². The van der Waals surface area contributed by atoms with Crippen LogP contribution >= 0.6 is 0 Å². The molecular formula is C23H45NO3. The molecule has 0 aromatic heterocycles. The first kappa shape index (κ1) is 28.1. The molecule has 0 saturated carbocycles. The molecule has 0 amide bonds. The van der Waals surface area contributed by atoms with Crippen molar-refractivity contribution < 1.29 is 14.3 Å². The van der Waals surface area contributed by atoms with Gasteiger partial charge in [-0.05, 0) is 13.3 Å². The molecule has 0 saturated heterocycles. The van der Waals surface area contributed by atoms with Gasteiger partial charge in [-0.3, -0.25) is 9.59 Å². The number of nitrogens with two attached hydrogens (primary N) is 1. The van der Waals surface area contributed by atoms with Crippen LogP contribution in [0.2, 0.25) is 0 Å². The number of carbonyl (C=O) groups excluding carboxylic acids is 2. The Morgan fingerprint density at radius 1 is 0.741 bits per heavy atom. The van der Waals surface area contributed by atoms with Gasteiger partial charge in [-0.1, -0.05) is 103 Å². The standard InChI is InChI=1S/C20H39NO3.C3H6/c1-2-3-4-5-6-7-8-9-10-11-12-13-14-15-16-17-19(22)24-20(23)18-21;1-3-2/h2-18,21H2,1H3;3H,1H2,2H3. The summed E-state index contributed by atoms with van der Waals surface area (Å²) < 4.78 is 4.52. The van der Waals surface area contributed by atoms with Crippen molar-refractivity contribution in [2.24, 2.45) is 5.73 Å². The van der Waals surface area contributed by atoms with E-state index in [2.05, 4.69) is 18.2 Å². The normalized spacial score (nSPS) is 10.0. The Morgan fingerprint density at radius 2 is 1.07 bits per heavy atom. The van der Waals surface area contributed by atoms with Gasteiger partial charge in [0.1, 0.15) is 0 Å². The molecule has 0 aliphatic carbocycles. The number of carbonyl (C=O) groups is 2. The molecule has 0 aliphatic heterocycles. The lowest BCUT2D eigenvalue weighted by Gasteiger charge is -2.03. The number of esters is 2. The van der Waals surface area contributed by atoms with Gasteiger partial charge < -0.3 is 10.5 Å².